The van der Waals surface area contributed by atoms with Crippen molar-refractivity contribution in [1.82, 2.24) is 15.0 Å². The lowest BCUT2D eigenvalue weighted by atomic mass is 9.33. The van der Waals surface area contributed by atoms with E-state index >= 15 is 0 Å². The van der Waals surface area contributed by atoms with Crippen molar-refractivity contribution in [1.29, 1.82) is 0 Å². The number of nitrogens with zero attached hydrogens (tertiary/aromatic N) is 5. The lowest BCUT2D eigenvalue weighted by Crippen LogP contribution is -2.62. The third kappa shape index (κ3) is 6.96. The fraction of sp³-hybridized carbons (Fsp3) is 0. The van der Waals surface area contributed by atoms with E-state index in [0.717, 1.165) is 135 Å². The van der Waals surface area contributed by atoms with E-state index in [1.807, 2.05) is 36.4 Å². The minimum absolute atomic E-state index is 0.267. The molecular formula is C69H42BN5O2. The molecule has 0 fully saturated rings. The molecule has 8 heteroatoms. The lowest BCUT2D eigenvalue weighted by Gasteiger charge is -2.47. The quantitative estimate of drug-likeness (QED) is 0.147. The molecule has 77 heavy (non-hydrogen) atoms. The summed E-state index contributed by atoms with van der Waals surface area (Å²) >= 11 is 0. The predicted octanol–water partition coefficient (Wildman–Crippen LogP) is 15.8. The number of anilines is 6. The molecule has 11 aromatic carbocycles. The molecule has 0 atom stereocenters. The van der Waals surface area contributed by atoms with Crippen LogP contribution in [-0.4, -0.2) is 21.7 Å². The van der Waals surface area contributed by atoms with Crippen molar-refractivity contribution in [2.75, 3.05) is 9.80 Å². The summed E-state index contributed by atoms with van der Waals surface area (Å²) in [5.41, 5.74) is 20.7. The molecule has 0 amide bonds. The summed E-state index contributed by atoms with van der Waals surface area (Å²) in [6, 6.07) is 89.7. The number of aromatic nitrogens is 3. The van der Waals surface area contributed by atoms with Crippen LogP contribution in [0.25, 0.3) is 78.7 Å². The number of hydrogen-bond donors (Lipinski definition) is 0. The molecule has 5 heterocycles. The highest BCUT2D eigenvalue weighted by atomic mass is 16.5. The van der Waals surface area contributed by atoms with Crippen LogP contribution in [0.3, 0.4) is 0 Å². The average molecular weight is 984 g/mol. The Morgan fingerprint density at radius 1 is 0.260 bits per heavy atom. The smallest absolute Gasteiger partial charge is 0.252 e. The Morgan fingerprint density at radius 2 is 0.584 bits per heavy atom. The first-order valence-corrected chi connectivity index (χ1v) is 26.0. The molecule has 1 aromatic heterocycles. The second kappa shape index (κ2) is 17.1. The monoisotopic (exact) mass is 983 g/mol. The first-order valence-electron chi connectivity index (χ1n) is 26.0. The summed E-state index contributed by atoms with van der Waals surface area (Å²) in [5.74, 6) is 4.83. The van der Waals surface area contributed by atoms with Crippen molar-refractivity contribution in [3.05, 3.63) is 255 Å². The van der Waals surface area contributed by atoms with E-state index < -0.39 is 0 Å². The Hall–Kier alpha value is -10.3. The fourth-order valence-electron chi connectivity index (χ4n) is 11.9. The van der Waals surface area contributed by atoms with Gasteiger partial charge in [-0.3, -0.25) is 0 Å². The summed E-state index contributed by atoms with van der Waals surface area (Å²) in [6.45, 7) is -0.267. The lowest BCUT2D eigenvalue weighted by molar-refractivity contribution is 0.477. The van der Waals surface area contributed by atoms with Crippen LogP contribution in [0.1, 0.15) is 0 Å². The van der Waals surface area contributed by atoms with Crippen molar-refractivity contribution in [2.24, 2.45) is 0 Å². The van der Waals surface area contributed by atoms with Crippen LogP contribution in [-0.2, 0) is 0 Å². The minimum Gasteiger partial charge on any atom is -0.453 e. The van der Waals surface area contributed by atoms with Gasteiger partial charge >= 0.3 is 0 Å². The number of benzene rings is 11. The molecule has 4 aliphatic heterocycles. The second-order valence-corrected chi connectivity index (χ2v) is 19.9. The van der Waals surface area contributed by atoms with Gasteiger partial charge in [0.05, 0.1) is 22.7 Å². The van der Waals surface area contributed by atoms with Crippen LogP contribution in [0, 0.1) is 0 Å². The van der Waals surface area contributed by atoms with Crippen LogP contribution in [0.4, 0.5) is 34.1 Å². The van der Waals surface area contributed by atoms with Gasteiger partial charge in [-0.2, -0.15) is 0 Å². The Morgan fingerprint density at radius 3 is 0.961 bits per heavy atom. The maximum atomic E-state index is 7.29. The first-order chi connectivity index (χ1) is 38.1. The summed E-state index contributed by atoms with van der Waals surface area (Å²) in [5, 5.41) is 0. The summed E-state index contributed by atoms with van der Waals surface area (Å²) in [7, 11) is 0. The maximum absolute atomic E-state index is 7.29. The number of rotatable bonds is 7. The first kappa shape index (κ1) is 43.1. The highest BCUT2D eigenvalue weighted by Crippen LogP contribution is 2.58. The van der Waals surface area contributed by atoms with Gasteiger partial charge in [0.1, 0.15) is 0 Å². The van der Waals surface area contributed by atoms with Gasteiger partial charge in [0, 0.05) is 28.1 Å². The number of fused-ring (bicyclic) bond motifs is 8. The fourth-order valence-corrected chi connectivity index (χ4v) is 11.9. The normalized spacial score (nSPS) is 12.8. The Bertz CT molecular complexity index is 4060. The largest absolute Gasteiger partial charge is 0.453 e. The van der Waals surface area contributed by atoms with Crippen LogP contribution < -0.4 is 35.7 Å². The standard InChI is InChI=1S/C69H42BN5O2/c1-7-19-43(20-8-1)49-31-33-56-60(39-49)76-62-41-51(45-23-11-3-12-24-45)35-54-65(62)74(56)58-37-53(69-72-67(47-27-15-5-16-28-47)71-68(73-69)48-29-17-6-18-30-48)38-59-64(58)70(54)55-36-52(46-25-13-4-14-26-46)42-63-66(55)75(59)57-34-32-50(40-61(57)77-63)44-21-9-2-10-22-44/h1-42H. The predicted molar refractivity (Wildman–Crippen MR) is 312 cm³/mol. The van der Waals surface area contributed by atoms with Crippen LogP contribution >= 0.6 is 0 Å². The van der Waals surface area contributed by atoms with E-state index in [1.165, 1.54) is 0 Å². The van der Waals surface area contributed by atoms with Gasteiger partial charge in [0.25, 0.3) is 6.71 Å². The SMILES string of the molecule is c1ccc(-c2ccc3c(c2)Oc2cc(-c4ccccc4)cc4c2N3c2cc(-c3nc(-c5ccccc5)nc(-c5ccccc5)n3)cc3c2B4c2cc(-c4ccccc4)cc4c2N3c2ccc(-c3ccccc3)cc2O4)cc1. The van der Waals surface area contributed by atoms with E-state index in [2.05, 4.69) is 228 Å². The zero-order chi connectivity index (χ0) is 50.6. The molecule has 0 unspecified atom stereocenters. The molecule has 16 rings (SSSR count). The highest BCUT2D eigenvalue weighted by Gasteiger charge is 2.49. The highest BCUT2D eigenvalue weighted by molar-refractivity contribution is 7.00. The Kier molecular flexibility index (Phi) is 9.59. The van der Waals surface area contributed by atoms with E-state index in [-0.39, 0.29) is 6.71 Å². The van der Waals surface area contributed by atoms with Crippen molar-refractivity contribution >= 4 is 57.2 Å². The molecular weight excluding hydrogens is 942 g/mol. The van der Waals surface area contributed by atoms with Crippen LogP contribution in [0.2, 0.25) is 0 Å². The molecule has 4 aliphatic rings. The van der Waals surface area contributed by atoms with E-state index in [0.29, 0.717) is 17.5 Å². The summed E-state index contributed by atoms with van der Waals surface area (Å²) in [6.07, 6.45) is 0. The van der Waals surface area contributed by atoms with Crippen molar-refractivity contribution in [2.45, 2.75) is 0 Å². The molecule has 7 nitrogen and oxygen atoms in total. The van der Waals surface area contributed by atoms with Gasteiger partial charge in [-0.1, -0.05) is 206 Å². The van der Waals surface area contributed by atoms with Crippen molar-refractivity contribution in [3.63, 3.8) is 0 Å². The molecule has 12 aromatic rings. The van der Waals surface area contributed by atoms with Crippen molar-refractivity contribution in [3.8, 4) is 102 Å². The minimum atomic E-state index is -0.267. The van der Waals surface area contributed by atoms with Crippen molar-refractivity contribution < 1.29 is 9.47 Å². The van der Waals surface area contributed by atoms with E-state index in [1.54, 1.807) is 0 Å². The molecule has 0 saturated heterocycles. The Labute approximate surface area is 445 Å². The zero-order valence-corrected chi connectivity index (χ0v) is 41.4. The van der Waals surface area contributed by atoms with Crippen LogP contribution in [0.5, 0.6) is 23.0 Å². The maximum Gasteiger partial charge on any atom is 0.252 e. The third-order valence-corrected chi connectivity index (χ3v) is 15.4. The van der Waals surface area contributed by atoms with Gasteiger partial charge in [-0.05, 0) is 109 Å². The zero-order valence-electron chi connectivity index (χ0n) is 41.4. The number of hydrogen-bond acceptors (Lipinski definition) is 7. The van der Waals surface area contributed by atoms with Gasteiger partial charge < -0.3 is 19.3 Å². The van der Waals surface area contributed by atoms with E-state index in [9.17, 15) is 0 Å². The topological polar surface area (TPSA) is 63.6 Å². The molecule has 0 saturated carbocycles. The van der Waals surface area contributed by atoms with Gasteiger partial charge in [0.15, 0.2) is 40.5 Å². The molecule has 0 radical (unpaired) electrons. The second-order valence-electron chi connectivity index (χ2n) is 19.9. The molecule has 0 spiro atoms. The Balaban J connectivity index is 1.02. The van der Waals surface area contributed by atoms with E-state index in [4.69, 9.17) is 24.4 Å². The molecule has 0 aliphatic carbocycles. The van der Waals surface area contributed by atoms with Gasteiger partial charge in [-0.25, -0.2) is 15.0 Å². The molecule has 358 valence electrons. The summed E-state index contributed by atoms with van der Waals surface area (Å²) < 4.78 is 14.6. The van der Waals surface area contributed by atoms with Gasteiger partial charge in [0.2, 0.25) is 0 Å². The van der Waals surface area contributed by atoms with Crippen LogP contribution in [0.15, 0.2) is 255 Å². The van der Waals surface area contributed by atoms with Gasteiger partial charge in [-0.15, -0.1) is 0 Å². The molecule has 0 bridgehead atoms. The average Bonchev–Trinajstić information content (AvgIpc) is 3.61. The third-order valence-electron chi connectivity index (χ3n) is 15.4. The molecule has 0 N–H and O–H groups in total. The summed E-state index contributed by atoms with van der Waals surface area (Å²) in [4.78, 5) is 20.8. The number of ether oxygens (including phenoxy) is 2.